The highest BCUT2D eigenvalue weighted by atomic mass is 32.1. The minimum atomic E-state index is -0.347. The first-order chi connectivity index (χ1) is 10.7. The summed E-state index contributed by atoms with van der Waals surface area (Å²) in [5, 5.41) is 11.6. The van der Waals surface area contributed by atoms with Crippen LogP contribution < -0.4 is 10.1 Å². The zero-order valence-electron chi connectivity index (χ0n) is 11.8. The molecule has 0 saturated carbocycles. The third-order valence-corrected chi connectivity index (χ3v) is 3.57. The van der Waals surface area contributed by atoms with Crippen molar-refractivity contribution in [1.82, 2.24) is 10.2 Å². The van der Waals surface area contributed by atoms with E-state index in [1.54, 1.807) is 19.1 Å². The third kappa shape index (κ3) is 3.50. The highest BCUT2D eigenvalue weighted by Crippen LogP contribution is 2.19. The Morgan fingerprint density at radius 3 is 2.77 bits per heavy atom. The number of carbonyl (C=O) groups excluding carboxylic acids is 1. The van der Waals surface area contributed by atoms with Crippen LogP contribution in [0.1, 0.15) is 21.3 Å². The number of hydrogen-bond donors (Lipinski definition) is 1. The predicted octanol–water partition coefficient (Wildman–Crippen LogP) is 3.27. The Morgan fingerprint density at radius 1 is 1.23 bits per heavy atom. The van der Waals surface area contributed by atoms with Crippen LogP contribution in [0.2, 0.25) is 0 Å². The number of nitrogens with one attached hydrogen (secondary N) is 1. The SMILES string of the molecule is Cc1ccc(C(=O)Nc2nnc(COc3ccccc3)s2)o1. The second-order valence-electron chi connectivity index (χ2n) is 4.47. The van der Waals surface area contributed by atoms with Gasteiger partial charge in [0, 0.05) is 0 Å². The number of hydrogen-bond acceptors (Lipinski definition) is 6. The van der Waals surface area contributed by atoms with Gasteiger partial charge in [0.15, 0.2) is 10.8 Å². The number of nitrogens with zero attached hydrogens (tertiary/aromatic N) is 2. The van der Waals surface area contributed by atoms with Crippen molar-refractivity contribution in [2.45, 2.75) is 13.5 Å². The Kier molecular flexibility index (Phi) is 4.15. The van der Waals surface area contributed by atoms with Crippen molar-refractivity contribution in [2.75, 3.05) is 5.32 Å². The van der Waals surface area contributed by atoms with Crippen LogP contribution in [0.3, 0.4) is 0 Å². The third-order valence-electron chi connectivity index (χ3n) is 2.76. The monoisotopic (exact) mass is 315 g/mol. The molecule has 0 aliphatic heterocycles. The average Bonchev–Trinajstić information content (AvgIpc) is 3.15. The van der Waals surface area contributed by atoms with E-state index >= 15 is 0 Å². The lowest BCUT2D eigenvalue weighted by Gasteiger charge is -2.01. The fraction of sp³-hybridized carbons (Fsp3) is 0.133. The molecule has 0 fully saturated rings. The highest BCUT2D eigenvalue weighted by Gasteiger charge is 2.13. The van der Waals surface area contributed by atoms with Crippen LogP contribution in [-0.4, -0.2) is 16.1 Å². The van der Waals surface area contributed by atoms with Crippen LogP contribution >= 0.6 is 11.3 Å². The summed E-state index contributed by atoms with van der Waals surface area (Å²) in [6.07, 6.45) is 0. The maximum Gasteiger partial charge on any atom is 0.293 e. The standard InChI is InChI=1S/C15H13N3O3S/c1-10-7-8-12(21-10)14(19)16-15-18-17-13(22-15)9-20-11-5-3-2-4-6-11/h2-8H,9H2,1H3,(H,16,18,19). The number of anilines is 1. The summed E-state index contributed by atoms with van der Waals surface area (Å²) in [4.78, 5) is 11.9. The second-order valence-corrected chi connectivity index (χ2v) is 5.53. The summed E-state index contributed by atoms with van der Waals surface area (Å²) in [5.74, 6) is 1.34. The van der Waals surface area contributed by atoms with Gasteiger partial charge in [-0.1, -0.05) is 29.5 Å². The van der Waals surface area contributed by atoms with E-state index in [1.165, 1.54) is 11.3 Å². The van der Waals surface area contributed by atoms with Crippen LogP contribution in [0.25, 0.3) is 0 Å². The lowest BCUT2D eigenvalue weighted by Crippen LogP contribution is -2.10. The van der Waals surface area contributed by atoms with Crippen LogP contribution in [-0.2, 0) is 6.61 Å². The second kappa shape index (κ2) is 6.40. The normalized spacial score (nSPS) is 10.4. The molecule has 3 aromatic rings. The minimum Gasteiger partial charge on any atom is -0.486 e. The van der Waals surface area contributed by atoms with Crippen molar-refractivity contribution in [2.24, 2.45) is 0 Å². The van der Waals surface area contributed by atoms with Gasteiger partial charge in [-0.2, -0.15) is 0 Å². The van der Waals surface area contributed by atoms with E-state index in [-0.39, 0.29) is 11.7 Å². The highest BCUT2D eigenvalue weighted by molar-refractivity contribution is 7.15. The molecule has 0 unspecified atom stereocenters. The van der Waals surface area contributed by atoms with Gasteiger partial charge in [-0.25, -0.2) is 0 Å². The zero-order valence-corrected chi connectivity index (χ0v) is 12.6. The van der Waals surface area contributed by atoms with Crippen molar-refractivity contribution >= 4 is 22.4 Å². The fourth-order valence-electron chi connectivity index (χ4n) is 1.74. The number of para-hydroxylation sites is 1. The molecule has 0 radical (unpaired) electrons. The molecule has 1 aromatic carbocycles. The van der Waals surface area contributed by atoms with Gasteiger partial charge < -0.3 is 9.15 Å². The van der Waals surface area contributed by atoms with E-state index < -0.39 is 0 Å². The summed E-state index contributed by atoms with van der Waals surface area (Å²) in [7, 11) is 0. The molecule has 0 aliphatic carbocycles. The van der Waals surface area contributed by atoms with E-state index in [0.29, 0.717) is 22.5 Å². The minimum absolute atomic E-state index is 0.245. The van der Waals surface area contributed by atoms with Gasteiger partial charge >= 0.3 is 0 Å². The molecule has 0 bridgehead atoms. The molecule has 2 heterocycles. The summed E-state index contributed by atoms with van der Waals surface area (Å²) in [5.41, 5.74) is 0. The van der Waals surface area contributed by atoms with Crippen molar-refractivity contribution < 1.29 is 13.9 Å². The molecule has 0 spiro atoms. The molecule has 0 saturated heterocycles. The first kappa shape index (κ1) is 14.3. The van der Waals surface area contributed by atoms with Gasteiger partial charge in [0.05, 0.1) is 0 Å². The van der Waals surface area contributed by atoms with Gasteiger partial charge in [-0.15, -0.1) is 10.2 Å². The fourth-order valence-corrected chi connectivity index (χ4v) is 2.39. The van der Waals surface area contributed by atoms with E-state index in [9.17, 15) is 4.79 Å². The van der Waals surface area contributed by atoms with Crippen LogP contribution in [0.15, 0.2) is 46.9 Å². The van der Waals surface area contributed by atoms with Crippen molar-refractivity contribution in [3.63, 3.8) is 0 Å². The lowest BCUT2D eigenvalue weighted by atomic mass is 10.3. The molecule has 112 valence electrons. The first-order valence-electron chi connectivity index (χ1n) is 6.59. The lowest BCUT2D eigenvalue weighted by molar-refractivity contribution is 0.0995. The van der Waals surface area contributed by atoms with Crippen LogP contribution in [0, 0.1) is 6.92 Å². The zero-order chi connectivity index (χ0) is 15.4. The molecule has 0 atom stereocenters. The molecule has 1 N–H and O–H groups in total. The number of furan rings is 1. The summed E-state index contributed by atoms with van der Waals surface area (Å²) in [6, 6.07) is 12.8. The largest absolute Gasteiger partial charge is 0.486 e. The van der Waals surface area contributed by atoms with Crippen LogP contribution in [0.4, 0.5) is 5.13 Å². The van der Waals surface area contributed by atoms with Crippen molar-refractivity contribution in [1.29, 1.82) is 0 Å². The van der Waals surface area contributed by atoms with E-state index in [4.69, 9.17) is 9.15 Å². The molecular formula is C15H13N3O3S. The van der Waals surface area contributed by atoms with E-state index in [2.05, 4.69) is 15.5 Å². The van der Waals surface area contributed by atoms with Gasteiger partial charge in [0.2, 0.25) is 5.13 Å². The quantitative estimate of drug-likeness (QED) is 0.782. The molecule has 7 heteroatoms. The Balaban J connectivity index is 1.58. The van der Waals surface area contributed by atoms with Gasteiger partial charge in [-0.3, -0.25) is 10.1 Å². The summed E-state index contributed by atoms with van der Waals surface area (Å²) in [6.45, 7) is 2.08. The van der Waals surface area contributed by atoms with Crippen molar-refractivity contribution in [3.05, 3.63) is 59.0 Å². The Bertz CT molecular complexity index is 767. The van der Waals surface area contributed by atoms with Gasteiger partial charge in [0.25, 0.3) is 5.91 Å². The van der Waals surface area contributed by atoms with E-state index in [1.807, 2.05) is 30.3 Å². The van der Waals surface area contributed by atoms with Crippen molar-refractivity contribution in [3.8, 4) is 5.75 Å². The first-order valence-corrected chi connectivity index (χ1v) is 7.40. The van der Waals surface area contributed by atoms with Gasteiger partial charge in [0.1, 0.15) is 18.1 Å². The number of benzene rings is 1. The smallest absolute Gasteiger partial charge is 0.293 e. The Morgan fingerprint density at radius 2 is 2.05 bits per heavy atom. The van der Waals surface area contributed by atoms with Crippen LogP contribution in [0.5, 0.6) is 5.75 Å². The van der Waals surface area contributed by atoms with E-state index in [0.717, 1.165) is 5.75 Å². The average molecular weight is 315 g/mol. The maximum absolute atomic E-state index is 11.9. The number of aromatic nitrogens is 2. The number of carbonyl (C=O) groups is 1. The molecule has 2 aromatic heterocycles. The molecular weight excluding hydrogens is 302 g/mol. The number of amides is 1. The topological polar surface area (TPSA) is 77.2 Å². The molecule has 0 aliphatic rings. The van der Waals surface area contributed by atoms with Gasteiger partial charge in [-0.05, 0) is 31.2 Å². The number of ether oxygens (including phenoxy) is 1. The molecule has 6 nitrogen and oxygen atoms in total. The number of aryl methyl sites for hydroxylation is 1. The Labute approximate surface area is 130 Å². The number of rotatable bonds is 5. The molecule has 22 heavy (non-hydrogen) atoms. The molecule has 3 rings (SSSR count). The summed E-state index contributed by atoms with van der Waals surface area (Å²) >= 11 is 1.26. The molecule has 1 amide bonds. The Hall–Kier alpha value is -2.67. The predicted molar refractivity (Wildman–Crippen MR) is 82.1 cm³/mol. The summed E-state index contributed by atoms with van der Waals surface area (Å²) < 4.78 is 10.8. The maximum atomic E-state index is 11.9.